The minimum Gasteiger partial charge on any atom is -0.494 e. The van der Waals surface area contributed by atoms with Crippen LogP contribution in [0.1, 0.15) is 16.1 Å². The summed E-state index contributed by atoms with van der Waals surface area (Å²) < 4.78 is 6.58. The third-order valence-corrected chi connectivity index (χ3v) is 4.99. The van der Waals surface area contributed by atoms with Crippen molar-refractivity contribution < 1.29 is 19.4 Å². The van der Waals surface area contributed by atoms with Gasteiger partial charge >= 0.3 is 6.09 Å². The van der Waals surface area contributed by atoms with Crippen LogP contribution in [0.25, 0.3) is 11.1 Å². The van der Waals surface area contributed by atoms with Crippen LogP contribution in [0.2, 0.25) is 0 Å². The zero-order valence-electron chi connectivity index (χ0n) is 15.4. The first-order chi connectivity index (χ1) is 13.6. The van der Waals surface area contributed by atoms with E-state index < -0.39 is 18.0 Å². The number of cyclic esters (lactones) is 1. The van der Waals surface area contributed by atoms with Gasteiger partial charge in [0.15, 0.2) is 5.88 Å². The van der Waals surface area contributed by atoms with E-state index in [9.17, 15) is 14.7 Å². The Balaban J connectivity index is 1.71. The summed E-state index contributed by atoms with van der Waals surface area (Å²) >= 11 is 0. The number of ether oxygens (including phenoxy) is 1. The van der Waals surface area contributed by atoms with Gasteiger partial charge in [0.05, 0.1) is 6.04 Å². The Morgan fingerprint density at radius 1 is 1.11 bits per heavy atom. The van der Waals surface area contributed by atoms with Crippen LogP contribution < -0.4 is 0 Å². The summed E-state index contributed by atoms with van der Waals surface area (Å²) in [4.78, 5) is 26.9. The lowest BCUT2D eigenvalue weighted by atomic mass is 10.0. The number of aromatic nitrogens is 1. The zero-order chi connectivity index (χ0) is 19.7. The van der Waals surface area contributed by atoms with Crippen LogP contribution in [0.15, 0.2) is 66.7 Å². The van der Waals surface area contributed by atoms with Crippen LogP contribution in [0.3, 0.4) is 0 Å². The van der Waals surface area contributed by atoms with E-state index in [-0.39, 0.29) is 18.2 Å². The minimum atomic E-state index is -0.661. The van der Waals surface area contributed by atoms with Crippen LogP contribution in [-0.4, -0.2) is 39.2 Å². The first-order valence-electron chi connectivity index (χ1n) is 9.04. The number of carbonyl (C=O) groups excluding carboxylic acids is 2. The molecule has 1 N–H and O–H groups in total. The molecule has 1 fully saturated rings. The molecule has 2 heterocycles. The largest absolute Gasteiger partial charge is 0.494 e. The van der Waals surface area contributed by atoms with E-state index >= 15 is 0 Å². The van der Waals surface area contributed by atoms with E-state index in [1.807, 2.05) is 60.7 Å². The summed E-state index contributed by atoms with van der Waals surface area (Å²) in [5.41, 5.74) is 2.62. The maximum absolute atomic E-state index is 13.4. The van der Waals surface area contributed by atoms with Crippen LogP contribution in [-0.2, 0) is 18.2 Å². The van der Waals surface area contributed by atoms with Crippen LogP contribution in [0, 0.1) is 0 Å². The van der Waals surface area contributed by atoms with Gasteiger partial charge < -0.3 is 14.4 Å². The lowest BCUT2D eigenvalue weighted by molar-refractivity contribution is 0.0765. The molecule has 2 aromatic carbocycles. The van der Waals surface area contributed by atoms with E-state index in [0.29, 0.717) is 12.0 Å². The molecule has 28 heavy (non-hydrogen) atoms. The summed E-state index contributed by atoms with van der Waals surface area (Å²) in [6, 6.07) is 20.1. The highest BCUT2D eigenvalue weighted by molar-refractivity contribution is 6.07. The number of rotatable bonds is 4. The number of benzene rings is 2. The van der Waals surface area contributed by atoms with Crippen molar-refractivity contribution in [2.45, 2.75) is 12.5 Å². The van der Waals surface area contributed by atoms with Crippen molar-refractivity contribution in [3.05, 3.63) is 78.0 Å². The molecule has 0 unspecified atom stereocenters. The highest BCUT2D eigenvalue weighted by Gasteiger charge is 2.40. The van der Waals surface area contributed by atoms with Gasteiger partial charge in [-0.3, -0.25) is 4.79 Å². The third-order valence-electron chi connectivity index (χ3n) is 4.99. The maximum atomic E-state index is 13.4. The predicted molar refractivity (Wildman–Crippen MR) is 104 cm³/mol. The van der Waals surface area contributed by atoms with Crippen molar-refractivity contribution in [1.29, 1.82) is 0 Å². The summed E-state index contributed by atoms with van der Waals surface area (Å²) in [5.74, 6) is -0.528. The monoisotopic (exact) mass is 376 g/mol. The second kappa shape index (κ2) is 7.23. The Labute approximate surface area is 162 Å². The second-order valence-corrected chi connectivity index (χ2v) is 6.79. The molecular weight excluding hydrogens is 356 g/mol. The number of nitrogens with zero attached hydrogens (tertiary/aromatic N) is 2. The predicted octanol–water partition coefficient (Wildman–Crippen LogP) is 3.60. The van der Waals surface area contributed by atoms with Gasteiger partial charge in [0, 0.05) is 18.7 Å². The third kappa shape index (κ3) is 3.13. The van der Waals surface area contributed by atoms with Crippen LogP contribution in [0.4, 0.5) is 4.79 Å². The Bertz CT molecular complexity index is 1010. The second-order valence-electron chi connectivity index (χ2n) is 6.79. The molecular formula is C22H20N2O4. The van der Waals surface area contributed by atoms with Crippen molar-refractivity contribution in [3.8, 4) is 17.0 Å². The molecule has 0 spiro atoms. The van der Waals surface area contributed by atoms with Gasteiger partial charge in [0.1, 0.15) is 12.3 Å². The molecule has 0 radical (unpaired) electrons. The standard InChI is InChI=1S/C22H20N2O4/c1-23-19(25)13-18(16-10-6-3-7-11-16)20(23)21(26)24-17(14-28-22(24)27)12-15-8-4-2-5-9-15/h2-11,13,17,25H,12,14H2,1H3/t17-/m0/s1. The Morgan fingerprint density at radius 2 is 1.75 bits per heavy atom. The molecule has 0 aliphatic carbocycles. The zero-order valence-corrected chi connectivity index (χ0v) is 15.4. The van der Waals surface area contributed by atoms with Gasteiger partial charge in [-0.05, 0) is 17.5 Å². The van der Waals surface area contributed by atoms with E-state index in [1.165, 1.54) is 10.6 Å². The fraction of sp³-hybridized carbons (Fsp3) is 0.182. The summed E-state index contributed by atoms with van der Waals surface area (Å²) in [7, 11) is 1.60. The van der Waals surface area contributed by atoms with Crippen LogP contribution in [0.5, 0.6) is 5.88 Å². The van der Waals surface area contributed by atoms with Gasteiger partial charge in [-0.1, -0.05) is 60.7 Å². The van der Waals surface area contributed by atoms with Crippen molar-refractivity contribution in [1.82, 2.24) is 9.47 Å². The van der Waals surface area contributed by atoms with Gasteiger partial charge in [0.2, 0.25) is 0 Å². The number of imide groups is 1. The normalized spacial score (nSPS) is 16.2. The molecule has 0 bridgehead atoms. The smallest absolute Gasteiger partial charge is 0.417 e. The Morgan fingerprint density at radius 3 is 2.43 bits per heavy atom. The number of aromatic hydroxyl groups is 1. The van der Waals surface area contributed by atoms with E-state index in [4.69, 9.17) is 4.74 Å². The Hall–Kier alpha value is -3.54. The number of carbonyl (C=O) groups is 2. The number of hydrogen-bond donors (Lipinski definition) is 1. The molecule has 1 aliphatic heterocycles. The molecule has 2 amide bonds. The molecule has 0 saturated carbocycles. The van der Waals surface area contributed by atoms with Crippen molar-refractivity contribution >= 4 is 12.0 Å². The molecule has 1 saturated heterocycles. The highest BCUT2D eigenvalue weighted by Crippen LogP contribution is 2.32. The minimum absolute atomic E-state index is 0.0469. The average Bonchev–Trinajstić information content (AvgIpc) is 3.22. The lowest BCUT2D eigenvalue weighted by Crippen LogP contribution is -2.41. The highest BCUT2D eigenvalue weighted by atomic mass is 16.6. The van der Waals surface area contributed by atoms with Crippen LogP contribution >= 0.6 is 0 Å². The molecule has 1 aromatic heterocycles. The Kier molecular flexibility index (Phi) is 4.61. The molecule has 6 nitrogen and oxygen atoms in total. The fourth-order valence-electron chi connectivity index (χ4n) is 3.55. The number of hydrogen-bond acceptors (Lipinski definition) is 4. The lowest BCUT2D eigenvalue weighted by Gasteiger charge is -2.21. The number of amides is 2. The van der Waals surface area contributed by atoms with Crippen molar-refractivity contribution in [3.63, 3.8) is 0 Å². The molecule has 3 aromatic rings. The maximum Gasteiger partial charge on any atom is 0.417 e. The first-order valence-corrected chi connectivity index (χ1v) is 9.04. The van der Waals surface area contributed by atoms with Gasteiger partial charge in [-0.25, -0.2) is 9.69 Å². The van der Waals surface area contributed by atoms with Crippen molar-refractivity contribution in [2.24, 2.45) is 7.05 Å². The molecule has 4 rings (SSSR count). The van der Waals surface area contributed by atoms with Gasteiger partial charge in [-0.2, -0.15) is 0 Å². The topological polar surface area (TPSA) is 71.8 Å². The SMILES string of the molecule is Cn1c(O)cc(-c2ccccc2)c1C(=O)N1C(=O)OC[C@@H]1Cc1ccccc1. The molecule has 6 heteroatoms. The molecule has 142 valence electrons. The molecule has 1 aliphatic rings. The van der Waals surface area contributed by atoms with E-state index in [1.54, 1.807) is 7.05 Å². The summed E-state index contributed by atoms with van der Waals surface area (Å²) in [6.45, 7) is 0.149. The van der Waals surface area contributed by atoms with Crippen molar-refractivity contribution in [2.75, 3.05) is 6.61 Å². The van der Waals surface area contributed by atoms with E-state index in [0.717, 1.165) is 16.0 Å². The fourth-order valence-corrected chi connectivity index (χ4v) is 3.55. The van der Waals surface area contributed by atoms with E-state index in [2.05, 4.69) is 0 Å². The quantitative estimate of drug-likeness (QED) is 0.755. The summed E-state index contributed by atoms with van der Waals surface area (Å²) in [5, 5.41) is 10.2. The average molecular weight is 376 g/mol. The van der Waals surface area contributed by atoms with Gasteiger partial charge in [0.25, 0.3) is 5.91 Å². The molecule has 1 atom stereocenters. The first kappa shape index (κ1) is 17.9. The van der Waals surface area contributed by atoms with Gasteiger partial charge in [-0.15, -0.1) is 0 Å². The summed E-state index contributed by atoms with van der Waals surface area (Å²) in [6.07, 6.45) is -0.152.